The number of hydrogen-bond donors (Lipinski definition) is 0. The molecule has 18 aliphatic rings. The molecule has 0 N–H and O–H groups in total. The van der Waals surface area contributed by atoms with Gasteiger partial charge < -0.3 is 0 Å². The van der Waals surface area contributed by atoms with Crippen LogP contribution in [0.25, 0.3) is 105 Å². The molecule has 14 aromatic rings. The number of rotatable bonds is 4. The summed E-state index contributed by atoms with van der Waals surface area (Å²) in [6.07, 6.45) is 61.7. The fourth-order valence-corrected chi connectivity index (χ4v) is 30.0. The SMILES string of the molecule is C1=CC2=C(CC1)C1(C3=C(C=CCC3)c3ccc(C4C=CC5=C(C4)C4(C6=C(C=CCC6)c6ccccc64)c4cc(C6C=CC7=C(C6)C6(C8=C(C=CCC8)c8ccccc86)c6ccccc67)ccc45)cc31)c1ccccc12.C1=CC2=CC=C3C=CC(c4ccc5c(c4)C4(c6ccccc6-5)c5ccccc5-c5ccc(-c6ccc7ccc8cccc9ccc6c7c89)cc54)=C4C=CC(=C1)C2C34. The zero-order valence-corrected chi connectivity index (χ0v) is 73.5. The number of allylic oxidation sites excluding steroid dienone is 38. The Labute approximate surface area is 770 Å². The third kappa shape index (κ3) is 9.06. The maximum absolute atomic E-state index is 2.72. The molecule has 0 aromatic heterocycles. The van der Waals surface area contributed by atoms with Crippen molar-refractivity contribution in [2.45, 2.75) is 97.7 Å². The van der Waals surface area contributed by atoms with Crippen molar-refractivity contribution in [2.24, 2.45) is 11.8 Å². The average molecular weight is 1680 g/mol. The number of hydrogen-bond acceptors (Lipinski definition) is 0. The van der Waals surface area contributed by atoms with Gasteiger partial charge in [-0.3, -0.25) is 0 Å². The first kappa shape index (κ1) is 73.0. The van der Waals surface area contributed by atoms with E-state index in [4.69, 9.17) is 0 Å². The Bertz CT molecular complexity index is 8460. The monoisotopic (exact) mass is 1670 g/mol. The van der Waals surface area contributed by atoms with E-state index in [0.29, 0.717) is 11.8 Å². The Kier molecular flexibility index (Phi) is 14.7. The lowest BCUT2D eigenvalue weighted by atomic mass is 9.63. The van der Waals surface area contributed by atoms with Crippen molar-refractivity contribution in [3.63, 3.8) is 0 Å². The first-order chi connectivity index (χ1) is 65.4. The molecule has 0 radical (unpaired) electrons. The maximum Gasteiger partial charge on any atom is 0.0725 e. The molecular formula is C132H90. The Morgan fingerprint density at radius 2 is 0.598 bits per heavy atom. The van der Waals surface area contributed by atoms with Crippen LogP contribution >= 0.6 is 0 Å². The zero-order chi connectivity index (χ0) is 85.8. The van der Waals surface area contributed by atoms with Crippen molar-refractivity contribution in [1.82, 2.24) is 0 Å². The largest absolute Gasteiger partial charge is 0.0836 e. The molecule has 8 unspecified atom stereocenters. The Morgan fingerprint density at radius 1 is 0.227 bits per heavy atom. The molecule has 618 valence electrons. The fourth-order valence-electron chi connectivity index (χ4n) is 30.0. The quantitative estimate of drug-likeness (QED) is 0.154. The van der Waals surface area contributed by atoms with Crippen LogP contribution in [0, 0.1) is 11.8 Å². The Balaban J connectivity index is 0.000000129. The van der Waals surface area contributed by atoms with Crippen LogP contribution in [-0.2, 0) is 21.7 Å². The maximum atomic E-state index is 2.72. The van der Waals surface area contributed by atoms with Gasteiger partial charge in [0.2, 0.25) is 0 Å². The van der Waals surface area contributed by atoms with E-state index in [2.05, 4.69) is 401 Å². The summed E-state index contributed by atoms with van der Waals surface area (Å²) >= 11 is 0. The molecule has 0 heterocycles. The number of benzene rings is 14. The highest BCUT2D eigenvalue weighted by atomic mass is 14.6. The van der Waals surface area contributed by atoms with E-state index in [1.165, 1.54) is 233 Å². The van der Waals surface area contributed by atoms with Gasteiger partial charge in [-0.2, -0.15) is 0 Å². The van der Waals surface area contributed by atoms with Crippen LogP contribution in [0.1, 0.15) is 182 Å². The summed E-state index contributed by atoms with van der Waals surface area (Å²) in [5.41, 5.74) is 59.5. The summed E-state index contributed by atoms with van der Waals surface area (Å²) in [6.45, 7) is 0. The lowest BCUT2D eigenvalue weighted by Crippen LogP contribution is -2.31. The van der Waals surface area contributed by atoms with Crippen molar-refractivity contribution in [3.8, 4) is 33.4 Å². The summed E-state index contributed by atoms with van der Waals surface area (Å²) in [6, 6.07) is 107. The Hall–Kier alpha value is -14.8. The smallest absolute Gasteiger partial charge is 0.0725 e. The number of fused-ring (bicyclic) bond motifs is 34. The molecule has 18 aliphatic carbocycles. The predicted molar refractivity (Wildman–Crippen MR) is 546 cm³/mol. The minimum atomic E-state index is -0.449. The minimum absolute atomic E-state index is 0.191. The van der Waals surface area contributed by atoms with Crippen LogP contribution in [-0.4, -0.2) is 0 Å². The van der Waals surface area contributed by atoms with Gasteiger partial charge in [-0.25, -0.2) is 0 Å². The second-order valence-electron chi connectivity index (χ2n) is 40.2. The molecule has 0 bridgehead atoms. The van der Waals surface area contributed by atoms with E-state index in [1.807, 2.05) is 0 Å². The van der Waals surface area contributed by atoms with E-state index in [9.17, 15) is 0 Å². The van der Waals surface area contributed by atoms with Gasteiger partial charge in [-0.1, -0.05) is 388 Å². The zero-order valence-electron chi connectivity index (χ0n) is 73.5. The molecule has 0 fully saturated rings. The molecule has 0 aliphatic heterocycles. The Morgan fingerprint density at radius 3 is 1.11 bits per heavy atom. The third-order valence-corrected chi connectivity index (χ3v) is 34.9. The summed E-state index contributed by atoms with van der Waals surface area (Å²) in [7, 11) is 0. The molecule has 0 heteroatoms. The summed E-state index contributed by atoms with van der Waals surface area (Å²) in [5.74, 6) is 1.24. The molecule has 0 saturated heterocycles. The highest BCUT2D eigenvalue weighted by Crippen LogP contribution is 2.72. The van der Waals surface area contributed by atoms with Gasteiger partial charge in [0, 0.05) is 23.7 Å². The van der Waals surface area contributed by atoms with Crippen LogP contribution in [0.15, 0.2) is 456 Å². The van der Waals surface area contributed by atoms with Crippen molar-refractivity contribution >= 4 is 71.3 Å². The van der Waals surface area contributed by atoms with Crippen LogP contribution in [0.3, 0.4) is 0 Å². The topological polar surface area (TPSA) is 0 Å². The molecule has 0 saturated carbocycles. The van der Waals surface area contributed by atoms with Crippen LogP contribution in [0.4, 0.5) is 0 Å². The molecule has 32 rings (SSSR count). The minimum Gasteiger partial charge on any atom is -0.0836 e. The molecule has 132 heavy (non-hydrogen) atoms. The average Bonchev–Trinajstić information content (AvgIpc) is 1.51. The van der Waals surface area contributed by atoms with E-state index < -0.39 is 5.41 Å². The van der Waals surface area contributed by atoms with Gasteiger partial charge in [-0.05, 0) is 342 Å². The van der Waals surface area contributed by atoms with Crippen molar-refractivity contribution < 1.29 is 0 Å². The highest BCUT2D eigenvalue weighted by molar-refractivity contribution is 6.26. The molecule has 14 aromatic carbocycles. The highest BCUT2D eigenvalue weighted by Gasteiger charge is 2.60. The summed E-state index contributed by atoms with van der Waals surface area (Å²) in [5, 5.41) is 7.93. The lowest BCUT2D eigenvalue weighted by Gasteiger charge is -2.40. The van der Waals surface area contributed by atoms with Gasteiger partial charge in [0.15, 0.2) is 0 Å². The van der Waals surface area contributed by atoms with Crippen molar-refractivity contribution in [1.29, 1.82) is 0 Å². The summed E-state index contributed by atoms with van der Waals surface area (Å²) < 4.78 is 0. The van der Waals surface area contributed by atoms with E-state index >= 15 is 0 Å². The van der Waals surface area contributed by atoms with Crippen LogP contribution in [0.2, 0.25) is 0 Å². The normalized spacial score (nSPS) is 25.0. The van der Waals surface area contributed by atoms with Crippen molar-refractivity contribution in [3.05, 3.63) is 562 Å². The summed E-state index contributed by atoms with van der Waals surface area (Å²) in [4.78, 5) is 0. The first-order valence-electron chi connectivity index (χ1n) is 48.7. The lowest BCUT2D eigenvalue weighted by molar-refractivity contribution is 0.566. The first-order valence-corrected chi connectivity index (χ1v) is 48.7. The van der Waals surface area contributed by atoms with Gasteiger partial charge in [-0.15, -0.1) is 0 Å². The third-order valence-electron chi connectivity index (χ3n) is 34.9. The second kappa shape index (κ2) is 26.5. The van der Waals surface area contributed by atoms with E-state index in [0.717, 1.165) is 64.2 Å². The van der Waals surface area contributed by atoms with Crippen LogP contribution in [0.5, 0.6) is 0 Å². The molecular weight excluding hydrogens is 1590 g/mol. The molecule has 8 atom stereocenters. The van der Waals surface area contributed by atoms with Gasteiger partial charge in [0.25, 0.3) is 0 Å². The van der Waals surface area contributed by atoms with Gasteiger partial charge in [0.05, 0.1) is 21.7 Å². The van der Waals surface area contributed by atoms with Gasteiger partial charge >= 0.3 is 0 Å². The second-order valence-corrected chi connectivity index (χ2v) is 40.2. The fraction of sp³-hybridized carbons (Fsp3) is 0.136. The predicted octanol–water partition coefficient (Wildman–Crippen LogP) is 32.1. The van der Waals surface area contributed by atoms with Crippen molar-refractivity contribution in [2.75, 3.05) is 0 Å². The van der Waals surface area contributed by atoms with Crippen LogP contribution < -0.4 is 0 Å². The molecule has 0 amide bonds. The molecule has 4 spiro atoms. The van der Waals surface area contributed by atoms with E-state index in [1.54, 1.807) is 33.4 Å². The van der Waals surface area contributed by atoms with E-state index in [-0.39, 0.29) is 28.1 Å². The van der Waals surface area contributed by atoms with Gasteiger partial charge in [0.1, 0.15) is 0 Å². The standard InChI is InChI=1S/C75H56.C57H34/c1-9-25-61-49(17-1)50-18-2-10-26-62(50)73(61)65-29-13-7-23-55(65)57-37-33-45(41-69(57)73)47-35-39-59-60-40-36-48(44-72(60)75(71(59)43-47)67-31-15-5-21-53(67)54-22-6-16-32-68(54)75)46-34-38-58-56-24-8-14-30-66(56)74(70(58)42-46)63-27-11-3-19-51(63)52-20-4-12-28-64(52)74;1-3-13-49-43(11-1)45-27-23-39(41-25-19-37-17-15-33-7-5-9-35-21-29-47(41)55(37)53(33)35)31-51(45)57(49)50-14-4-2-12-44(50)46-28-24-40(32-52(46)57)42-26-20-38-18-16-34-8-6-10-36-22-30-48(42)56(38)54(34)36/h1-9,11,13,15,17-25,27,29,31,33-40,42-43,45,48H,10,12,14,16,26,28,30,32,41,44H2;1-32,53,55H. The molecule has 0 nitrogen and oxygen atoms in total.